The molecule has 0 fully saturated rings. The first-order chi connectivity index (χ1) is 7.63. The SMILES string of the molecule is CSc1ccc(Br)c(C)c1-c1cc(C)on1. The van der Waals surface area contributed by atoms with E-state index in [0.29, 0.717) is 0 Å². The number of halogens is 1. The van der Waals surface area contributed by atoms with Gasteiger partial charge in [-0.05, 0) is 37.8 Å². The third-order valence-corrected chi connectivity index (χ3v) is 4.10. The predicted molar refractivity (Wildman–Crippen MR) is 70.9 cm³/mol. The molecule has 0 amide bonds. The van der Waals surface area contributed by atoms with E-state index in [2.05, 4.69) is 46.4 Å². The predicted octanol–water partition coefficient (Wildman–Crippen LogP) is 4.44. The number of aromatic nitrogens is 1. The molecule has 1 aromatic carbocycles. The molecule has 2 nitrogen and oxygen atoms in total. The summed E-state index contributed by atoms with van der Waals surface area (Å²) >= 11 is 5.27. The lowest BCUT2D eigenvalue weighted by Crippen LogP contribution is -1.88. The Labute approximate surface area is 108 Å². The Kier molecular flexibility index (Phi) is 3.40. The van der Waals surface area contributed by atoms with Crippen LogP contribution in [0.4, 0.5) is 0 Å². The number of hydrogen-bond acceptors (Lipinski definition) is 3. The second-order valence-electron chi connectivity index (χ2n) is 3.57. The zero-order valence-electron chi connectivity index (χ0n) is 9.37. The molecule has 0 N–H and O–H groups in total. The van der Waals surface area contributed by atoms with Crippen LogP contribution in [0.2, 0.25) is 0 Å². The van der Waals surface area contributed by atoms with Crippen molar-refractivity contribution in [1.82, 2.24) is 5.16 Å². The van der Waals surface area contributed by atoms with Gasteiger partial charge >= 0.3 is 0 Å². The number of aryl methyl sites for hydroxylation is 1. The maximum Gasteiger partial charge on any atom is 0.134 e. The first-order valence-electron chi connectivity index (χ1n) is 4.90. The molecule has 0 atom stereocenters. The van der Waals surface area contributed by atoms with Crippen molar-refractivity contribution in [2.45, 2.75) is 18.7 Å². The summed E-state index contributed by atoms with van der Waals surface area (Å²) in [4.78, 5) is 1.22. The molecule has 0 radical (unpaired) electrons. The number of hydrogen-bond donors (Lipinski definition) is 0. The zero-order valence-corrected chi connectivity index (χ0v) is 11.8. The third-order valence-electron chi connectivity index (χ3n) is 2.46. The fourth-order valence-electron chi connectivity index (χ4n) is 1.63. The van der Waals surface area contributed by atoms with E-state index in [0.717, 1.165) is 21.5 Å². The molecule has 0 saturated carbocycles. The quantitative estimate of drug-likeness (QED) is 0.766. The summed E-state index contributed by atoms with van der Waals surface area (Å²) in [6.07, 6.45) is 2.07. The van der Waals surface area contributed by atoms with Gasteiger partial charge in [-0.3, -0.25) is 0 Å². The zero-order chi connectivity index (χ0) is 11.7. The van der Waals surface area contributed by atoms with Crippen molar-refractivity contribution in [3.8, 4) is 11.3 Å². The lowest BCUT2D eigenvalue weighted by atomic mass is 10.1. The van der Waals surface area contributed by atoms with Gasteiger partial charge in [-0.1, -0.05) is 21.1 Å². The Morgan fingerprint density at radius 3 is 2.62 bits per heavy atom. The van der Waals surface area contributed by atoms with Gasteiger partial charge in [0.25, 0.3) is 0 Å². The fourth-order valence-corrected chi connectivity index (χ4v) is 2.63. The second-order valence-corrected chi connectivity index (χ2v) is 5.27. The van der Waals surface area contributed by atoms with Crippen LogP contribution in [0.15, 0.2) is 32.1 Å². The molecular weight excluding hydrogens is 286 g/mol. The molecule has 0 bridgehead atoms. The highest BCUT2D eigenvalue weighted by atomic mass is 79.9. The molecule has 1 heterocycles. The van der Waals surface area contributed by atoms with Crippen molar-refractivity contribution in [1.29, 1.82) is 0 Å². The minimum Gasteiger partial charge on any atom is -0.361 e. The highest BCUT2D eigenvalue weighted by molar-refractivity contribution is 9.10. The number of rotatable bonds is 2. The van der Waals surface area contributed by atoms with Gasteiger partial charge in [0.2, 0.25) is 0 Å². The van der Waals surface area contributed by atoms with Crippen LogP contribution in [0.3, 0.4) is 0 Å². The molecule has 0 aliphatic carbocycles. The molecule has 4 heteroatoms. The Morgan fingerprint density at radius 1 is 1.31 bits per heavy atom. The first kappa shape index (κ1) is 11.7. The lowest BCUT2D eigenvalue weighted by molar-refractivity contribution is 0.399. The maximum absolute atomic E-state index is 5.14. The minimum absolute atomic E-state index is 0.835. The smallest absolute Gasteiger partial charge is 0.134 e. The van der Waals surface area contributed by atoms with Crippen LogP contribution in [0.1, 0.15) is 11.3 Å². The minimum atomic E-state index is 0.835. The summed E-state index contributed by atoms with van der Waals surface area (Å²) in [5.41, 5.74) is 3.25. The fraction of sp³-hybridized carbons (Fsp3) is 0.250. The standard InChI is InChI=1S/C12H12BrNOS/c1-7-6-10(14-15-7)12-8(2)9(13)4-5-11(12)16-3/h4-6H,1-3H3. The number of nitrogens with zero attached hydrogens (tertiary/aromatic N) is 1. The van der Waals surface area contributed by atoms with Gasteiger partial charge in [-0.2, -0.15) is 0 Å². The van der Waals surface area contributed by atoms with E-state index in [9.17, 15) is 0 Å². The summed E-state index contributed by atoms with van der Waals surface area (Å²) in [5.74, 6) is 0.835. The second kappa shape index (κ2) is 4.63. The van der Waals surface area contributed by atoms with Gasteiger partial charge < -0.3 is 4.52 Å². The van der Waals surface area contributed by atoms with Crippen LogP contribution in [0.25, 0.3) is 11.3 Å². The molecule has 0 saturated heterocycles. The van der Waals surface area contributed by atoms with Crippen LogP contribution in [-0.2, 0) is 0 Å². The first-order valence-corrected chi connectivity index (χ1v) is 6.92. The summed E-state index contributed by atoms with van der Waals surface area (Å²) in [7, 11) is 0. The summed E-state index contributed by atoms with van der Waals surface area (Å²) in [5, 5.41) is 4.09. The van der Waals surface area contributed by atoms with Crippen LogP contribution in [0, 0.1) is 13.8 Å². The molecule has 84 valence electrons. The average Bonchev–Trinajstić information content (AvgIpc) is 2.68. The normalized spacial score (nSPS) is 10.8. The molecular formula is C12H12BrNOS. The van der Waals surface area contributed by atoms with E-state index in [1.54, 1.807) is 11.8 Å². The van der Waals surface area contributed by atoms with Crippen LogP contribution >= 0.6 is 27.7 Å². The molecule has 0 unspecified atom stereocenters. The van der Waals surface area contributed by atoms with Gasteiger partial charge in [-0.15, -0.1) is 11.8 Å². The van der Waals surface area contributed by atoms with Crippen molar-refractivity contribution in [3.05, 3.63) is 34.0 Å². The van der Waals surface area contributed by atoms with Crippen LogP contribution in [-0.4, -0.2) is 11.4 Å². The Hall–Kier alpha value is -0.740. The lowest BCUT2D eigenvalue weighted by Gasteiger charge is -2.09. The molecule has 0 aliphatic rings. The van der Waals surface area contributed by atoms with Gasteiger partial charge in [0.1, 0.15) is 11.5 Å². The van der Waals surface area contributed by atoms with Crippen molar-refractivity contribution < 1.29 is 4.52 Å². The number of thioether (sulfide) groups is 1. The maximum atomic E-state index is 5.14. The summed E-state index contributed by atoms with van der Waals surface area (Å²) in [6, 6.07) is 6.13. The van der Waals surface area contributed by atoms with Crippen molar-refractivity contribution in [3.63, 3.8) is 0 Å². The van der Waals surface area contributed by atoms with E-state index in [-0.39, 0.29) is 0 Å². The van der Waals surface area contributed by atoms with Crippen molar-refractivity contribution in [2.24, 2.45) is 0 Å². The topological polar surface area (TPSA) is 26.0 Å². The highest BCUT2D eigenvalue weighted by Gasteiger charge is 2.13. The Balaban J connectivity index is 2.66. The van der Waals surface area contributed by atoms with E-state index in [1.807, 2.05) is 13.0 Å². The van der Waals surface area contributed by atoms with Gasteiger partial charge in [0.05, 0.1) is 0 Å². The van der Waals surface area contributed by atoms with Crippen LogP contribution < -0.4 is 0 Å². The van der Waals surface area contributed by atoms with E-state index in [4.69, 9.17) is 4.52 Å². The molecule has 0 aliphatic heterocycles. The molecule has 1 aromatic heterocycles. The summed E-state index contributed by atoms with van der Waals surface area (Å²) < 4.78 is 6.24. The van der Waals surface area contributed by atoms with Crippen LogP contribution in [0.5, 0.6) is 0 Å². The monoisotopic (exact) mass is 297 g/mol. The van der Waals surface area contributed by atoms with E-state index in [1.165, 1.54) is 10.5 Å². The molecule has 2 rings (SSSR count). The van der Waals surface area contributed by atoms with Crippen molar-refractivity contribution >= 4 is 27.7 Å². The molecule has 16 heavy (non-hydrogen) atoms. The van der Waals surface area contributed by atoms with E-state index < -0.39 is 0 Å². The highest BCUT2D eigenvalue weighted by Crippen LogP contribution is 2.36. The number of benzene rings is 1. The van der Waals surface area contributed by atoms with Crippen molar-refractivity contribution in [2.75, 3.05) is 6.26 Å². The Morgan fingerprint density at radius 2 is 2.06 bits per heavy atom. The average molecular weight is 298 g/mol. The van der Waals surface area contributed by atoms with E-state index >= 15 is 0 Å². The molecule has 2 aromatic rings. The molecule has 0 spiro atoms. The van der Waals surface area contributed by atoms with Gasteiger partial charge in [-0.25, -0.2) is 0 Å². The largest absolute Gasteiger partial charge is 0.361 e. The van der Waals surface area contributed by atoms with Gasteiger partial charge in [0.15, 0.2) is 0 Å². The summed E-state index contributed by atoms with van der Waals surface area (Å²) in [6.45, 7) is 3.99. The third kappa shape index (κ3) is 2.04. The van der Waals surface area contributed by atoms with Gasteiger partial charge in [0, 0.05) is 21.0 Å². The Bertz CT molecular complexity index is 522.